The minimum atomic E-state index is -0.360. The summed E-state index contributed by atoms with van der Waals surface area (Å²) in [5, 5.41) is 5.56. The number of amides is 3. The summed E-state index contributed by atoms with van der Waals surface area (Å²) in [5.41, 5.74) is 1.80. The van der Waals surface area contributed by atoms with Crippen LogP contribution in [0.1, 0.15) is 22.3 Å². The molecule has 0 spiro atoms. The predicted octanol–water partition coefficient (Wildman–Crippen LogP) is 3.45. The topological polar surface area (TPSA) is 75.3 Å². The van der Waals surface area contributed by atoms with Crippen molar-refractivity contribution in [3.63, 3.8) is 0 Å². The Balaban J connectivity index is 1.66. The van der Waals surface area contributed by atoms with Crippen LogP contribution in [0.25, 0.3) is 0 Å². The fourth-order valence-electron chi connectivity index (χ4n) is 2.66. The molecular weight excluding hydrogens is 363 g/mol. The van der Waals surface area contributed by atoms with E-state index in [1.165, 1.54) is 0 Å². The lowest BCUT2D eigenvalue weighted by atomic mass is 9.98. The Morgan fingerprint density at radius 1 is 1.12 bits per heavy atom. The van der Waals surface area contributed by atoms with Gasteiger partial charge in [-0.3, -0.25) is 19.7 Å². The highest BCUT2D eigenvalue weighted by molar-refractivity contribution is 6.44. The molecule has 5 nitrogen and oxygen atoms in total. The van der Waals surface area contributed by atoms with Gasteiger partial charge in [0.1, 0.15) is 0 Å². The average molecular weight is 377 g/mol. The first-order valence-electron chi connectivity index (χ1n) is 7.62. The van der Waals surface area contributed by atoms with Crippen LogP contribution in [0.4, 0.5) is 5.69 Å². The molecule has 0 bridgehead atoms. The van der Waals surface area contributed by atoms with E-state index in [9.17, 15) is 14.4 Å². The zero-order valence-corrected chi connectivity index (χ0v) is 14.5. The molecule has 1 saturated heterocycles. The average Bonchev–Trinajstić information content (AvgIpc) is 2.89. The Hall–Kier alpha value is -2.37. The molecule has 1 aliphatic heterocycles. The van der Waals surface area contributed by atoms with Gasteiger partial charge in [0.15, 0.2) is 0 Å². The second kappa shape index (κ2) is 7.25. The molecule has 128 valence electrons. The number of anilines is 1. The molecule has 25 heavy (non-hydrogen) atoms. The van der Waals surface area contributed by atoms with E-state index < -0.39 is 0 Å². The first kappa shape index (κ1) is 17.5. The Kier molecular flexibility index (Phi) is 5.06. The molecule has 1 fully saturated rings. The lowest BCUT2D eigenvalue weighted by Gasteiger charge is -2.09. The third-order valence-corrected chi connectivity index (χ3v) is 4.77. The SMILES string of the molecule is O=C1CC(Cc2ccc(NC(=O)c3cccc(Cl)c3Cl)cc2)C(=O)N1. The number of hydrogen-bond acceptors (Lipinski definition) is 3. The van der Waals surface area contributed by atoms with Crippen LogP contribution in [0.2, 0.25) is 10.0 Å². The Morgan fingerprint density at radius 2 is 1.84 bits per heavy atom. The van der Waals surface area contributed by atoms with E-state index in [2.05, 4.69) is 10.6 Å². The van der Waals surface area contributed by atoms with Crippen molar-refractivity contribution in [2.24, 2.45) is 5.92 Å². The number of imide groups is 1. The van der Waals surface area contributed by atoms with Gasteiger partial charge in [-0.05, 0) is 36.2 Å². The summed E-state index contributed by atoms with van der Waals surface area (Å²) in [4.78, 5) is 35.1. The maximum absolute atomic E-state index is 12.3. The standard InChI is InChI=1S/C18H14Cl2N2O3/c19-14-3-1-2-13(16(14)20)18(25)21-12-6-4-10(5-7-12)8-11-9-15(23)22-17(11)24/h1-7,11H,8-9H2,(H,21,25)(H,22,23,24). The van der Waals surface area contributed by atoms with Crippen molar-refractivity contribution in [1.82, 2.24) is 5.32 Å². The van der Waals surface area contributed by atoms with Crippen molar-refractivity contribution in [2.45, 2.75) is 12.8 Å². The van der Waals surface area contributed by atoms with Gasteiger partial charge in [-0.2, -0.15) is 0 Å². The van der Waals surface area contributed by atoms with Gasteiger partial charge in [0.2, 0.25) is 11.8 Å². The van der Waals surface area contributed by atoms with E-state index in [0.717, 1.165) is 5.56 Å². The molecule has 1 heterocycles. The van der Waals surface area contributed by atoms with Gasteiger partial charge < -0.3 is 5.32 Å². The van der Waals surface area contributed by atoms with Crippen LogP contribution in [0.15, 0.2) is 42.5 Å². The van der Waals surface area contributed by atoms with Crippen molar-refractivity contribution in [2.75, 3.05) is 5.32 Å². The van der Waals surface area contributed by atoms with E-state index in [-0.39, 0.29) is 35.1 Å². The van der Waals surface area contributed by atoms with E-state index in [0.29, 0.717) is 22.7 Å². The van der Waals surface area contributed by atoms with Crippen molar-refractivity contribution in [3.8, 4) is 0 Å². The molecule has 2 aromatic carbocycles. The van der Waals surface area contributed by atoms with E-state index in [1.807, 2.05) is 12.1 Å². The highest BCUT2D eigenvalue weighted by Crippen LogP contribution is 2.26. The number of carbonyl (C=O) groups is 3. The zero-order valence-electron chi connectivity index (χ0n) is 13.0. The van der Waals surface area contributed by atoms with Gasteiger partial charge in [-0.1, -0.05) is 41.4 Å². The Labute approximate surface area is 154 Å². The van der Waals surface area contributed by atoms with Crippen molar-refractivity contribution >= 4 is 46.6 Å². The number of carbonyl (C=O) groups excluding carboxylic acids is 3. The highest BCUT2D eigenvalue weighted by Gasteiger charge is 2.30. The smallest absolute Gasteiger partial charge is 0.257 e. The number of rotatable bonds is 4. The van der Waals surface area contributed by atoms with Crippen LogP contribution < -0.4 is 10.6 Å². The van der Waals surface area contributed by atoms with Gasteiger partial charge in [-0.15, -0.1) is 0 Å². The predicted molar refractivity (Wildman–Crippen MR) is 95.8 cm³/mol. The molecule has 1 aliphatic rings. The molecule has 3 amide bonds. The van der Waals surface area contributed by atoms with Crippen molar-refractivity contribution in [3.05, 3.63) is 63.6 Å². The van der Waals surface area contributed by atoms with Crippen LogP contribution in [0.5, 0.6) is 0 Å². The number of hydrogen-bond donors (Lipinski definition) is 2. The fourth-order valence-corrected chi connectivity index (χ4v) is 3.04. The van der Waals surface area contributed by atoms with Gasteiger partial charge in [-0.25, -0.2) is 0 Å². The highest BCUT2D eigenvalue weighted by atomic mass is 35.5. The number of halogens is 2. The molecule has 3 rings (SSSR count). The summed E-state index contributed by atoms with van der Waals surface area (Å²) in [6.45, 7) is 0. The summed E-state index contributed by atoms with van der Waals surface area (Å²) in [6.07, 6.45) is 0.691. The molecule has 7 heteroatoms. The maximum Gasteiger partial charge on any atom is 0.257 e. The van der Waals surface area contributed by atoms with Crippen LogP contribution in [0, 0.1) is 5.92 Å². The van der Waals surface area contributed by atoms with Gasteiger partial charge >= 0.3 is 0 Å². The van der Waals surface area contributed by atoms with E-state index >= 15 is 0 Å². The molecule has 0 saturated carbocycles. The summed E-state index contributed by atoms with van der Waals surface area (Å²) >= 11 is 12.0. The van der Waals surface area contributed by atoms with Crippen LogP contribution in [-0.4, -0.2) is 17.7 Å². The van der Waals surface area contributed by atoms with Crippen molar-refractivity contribution in [1.29, 1.82) is 0 Å². The molecule has 2 aromatic rings. The largest absolute Gasteiger partial charge is 0.322 e. The quantitative estimate of drug-likeness (QED) is 0.802. The minimum absolute atomic E-state index is 0.204. The molecular formula is C18H14Cl2N2O3. The summed E-state index contributed by atoms with van der Waals surface area (Å²) in [6, 6.07) is 11.9. The second-order valence-electron chi connectivity index (χ2n) is 5.77. The Bertz CT molecular complexity index is 850. The van der Waals surface area contributed by atoms with Gasteiger partial charge in [0.25, 0.3) is 5.91 Å². The number of nitrogens with one attached hydrogen (secondary N) is 2. The monoisotopic (exact) mass is 376 g/mol. The van der Waals surface area contributed by atoms with Crippen LogP contribution >= 0.6 is 23.2 Å². The first-order chi connectivity index (χ1) is 11.9. The molecule has 1 atom stereocenters. The second-order valence-corrected chi connectivity index (χ2v) is 6.56. The van der Waals surface area contributed by atoms with E-state index in [4.69, 9.17) is 23.2 Å². The zero-order chi connectivity index (χ0) is 18.0. The molecule has 0 aliphatic carbocycles. The maximum atomic E-state index is 12.3. The van der Waals surface area contributed by atoms with Crippen LogP contribution in [-0.2, 0) is 16.0 Å². The third kappa shape index (κ3) is 4.00. The molecule has 0 aromatic heterocycles. The lowest BCUT2D eigenvalue weighted by Crippen LogP contribution is -2.22. The summed E-state index contributed by atoms with van der Waals surface area (Å²) < 4.78 is 0. The molecule has 0 radical (unpaired) electrons. The van der Waals surface area contributed by atoms with Gasteiger partial charge in [0, 0.05) is 12.1 Å². The Morgan fingerprint density at radius 3 is 2.48 bits per heavy atom. The van der Waals surface area contributed by atoms with Gasteiger partial charge in [0.05, 0.1) is 21.5 Å². The fraction of sp³-hybridized carbons (Fsp3) is 0.167. The third-order valence-electron chi connectivity index (χ3n) is 3.96. The first-order valence-corrected chi connectivity index (χ1v) is 8.37. The minimum Gasteiger partial charge on any atom is -0.322 e. The van der Waals surface area contributed by atoms with E-state index in [1.54, 1.807) is 30.3 Å². The normalized spacial score (nSPS) is 16.6. The summed E-state index contributed by atoms with van der Waals surface area (Å²) in [7, 11) is 0. The summed E-state index contributed by atoms with van der Waals surface area (Å²) in [5.74, 6) is -1.17. The molecule has 2 N–H and O–H groups in total. The molecule has 1 unspecified atom stereocenters. The van der Waals surface area contributed by atoms with Crippen molar-refractivity contribution < 1.29 is 14.4 Å². The van der Waals surface area contributed by atoms with Crippen LogP contribution in [0.3, 0.4) is 0 Å². The number of benzene rings is 2. The lowest BCUT2D eigenvalue weighted by molar-refractivity contribution is -0.125.